The fourth-order valence-corrected chi connectivity index (χ4v) is 1.55. The highest BCUT2D eigenvalue weighted by molar-refractivity contribution is 5.99. The Balaban J connectivity index is 1.95. The number of ether oxygens (including phenoxy) is 1. The van der Waals surface area contributed by atoms with Crippen LogP contribution in [-0.4, -0.2) is 52.2 Å². The highest BCUT2D eigenvalue weighted by atomic mass is 16.5. The predicted molar refractivity (Wildman–Crippen MR) is 58.6 cm³/mol. The summed E-state index contributed by atoms with van der Waals surface area (Å²) in [6, 6.07) is 0.965. The molecule has 8 nitrogen and oxygen atoms in total. The topological polar surface area (TPSA) is 104 Å². The van der Waals surface area contributed by atoms with E-state index >= 15 is 0 Å². The number of amides is 3. The van der Waals surface area contributed by atoms with Crippen molar-refractivity contribution in [3.05, 3.63) is 18.0 Å². The molecule has 0 bridgehead atoms. The summed E-state index contributed by atoms with van der Waals surface area (Å²) >= 11 is 0. The Morgan fingerprint density at radius 3 is 2.89 bits per heavy atom. The molecule has 8 heteroatoms. The molecule has 1 aromatic rings. The number of carbonyl (C=O) groups is 3. The van der Waals surface area contributed by atoms with Gasteiger partial charge < -0.3 is 10.1 Å². The summed E-state index contributed by atoms with van der Waals surface area (Å²) < 4.78 is 4.94. The minimum absolute atomic E-state index is 0.153. The molecule has 18 heavy (non-hydrogen) atoms. The van der Waals surface area contributed by atoms with Crippen LogP contribution in [0.3, 0.4) is 0 Å². The number of H-pyrrole nitrogens is 1. The highest BCUT2D eigenvalue weighted by Gasteiger charge is 2.31. The van der Waals surface area contributed by atoms with Gasteiger partial charge in [0.2, 0.25) is 0 Å². The molecule has 1 aromatic heterocycles. The van der Waals surface area contributed by atoms with Crippen LogP contribution in [-0.2, 0) is 9.53 Å². The minimum Gasteiger partial charge on any atom is -0.448 e. The quantitative estimate of drug-likeness (QED) is 0.706. The van der Waals surface area contributed by atoms with Gasteiger partial charge in [-0.25, -0.2) is 9.59 Å². The third kappa shape index (κ3) is 2.31. The van der Waals surface area contributed by atoms with Gasteiger partial charge in [0, 0.05) is 19.3 Å². The van der Waals surface area contributed by atoms with E-state index in [1.807, 2.05) is 0 Å². The van der Waals surface area contributed by atoms with Crippen LogP contribution in [0.4, 0.5) is 4.79 Å². The molecule has 1 atom stereocenters. The Kier molecular flexibility index (Phi) is 3.26. The highest BCUT2D eigenvalue weighted by Crippen LogP contribution is 2.06. The molecule has 1 saturated heterocycles. The average molecular weight is 252 g/mol. The monoisotopic (exact) mass is 252 g/mol. The number of rotatable bonds is 3. The normalized spacial score (nSPS) is 16.3. The first-order chi connectivity index (χ1) is 8.59. The van der Waals surface area contributed by atoms with Crippen LogP contribution in [0.2, 0.25) is 0 Å². The predicted octanol–water partition coefficient (Wildman–Crippen LogP) is -0.493. The standard InChI is InChI=1S/C10H12N4O4/c1-6(8(15)14-5-4-11-10(14)17)18-9(16)7-2-3-12-13-7/h2-3,6H,4-5H2,1H3,(H,11,17)(H,12,13). The Morgan fingerprint density at radius 2 is 2.33 bits per heavy atom. The number of nitrogens with one attached hydrogen (secondary N) is 2. The third-order valence-corrected chi connectivity index (χ3v) is 2.48. The first kappa shape index (κ1) is 12.1. The zero-order valence-electron chi connectivity index (χ0n) is 9.67. The number of nitrogens with zero attached hydrogens (tertiary/aromatic N) is 2. The van der Waals surface area contributed by atoms with Crippen LogP contribution in [0.5, 0.6) is 0 Å². The molecular weight excluding hydrogens is 240 g/mol. The maximum atomic E-state index is 11.8. The third-order valence-electron chi connectivity index (χ3n) is 2.48. The maximum Gasteiger partial charge on any atom is 0.357 e. The van der Waals surface area contributed by atoms with E-state index in [0.29, 0.717) is 6.54 Å². The first-order valence-corrected chi connectivity index (χ1v) is 5.39. The van der Waals surface area contributed by atoms with Gasteiger partial charge in [0.1, 0.15) is 5.69 Å². The number of hydrogen-bond donors (Lipinski definition) is 2. The van der Waals surface area contributed by atoms with Crippen molar-refractivity contribution >= 4 is 17.9 Å². The molecule has 96 valence electrons. The summed E-state index contributed by atoms with van der Waals surface area (Å²) in [6.07, 6.45) is 0.376. The average Bonchev–Trinajstić information content (AvgIpc) is 2.98. The zero-order valence-corrected chi connectivity index (χ0v) is 9.67. The van der Waals surface area contributed by atoms with Gasteiger partial charge in [-0.15, -0.1) is 0 Å². The molecule has 1 fully saturated rings. The number of urea groups is 1. The Bertz CT molecular complexity index is 470. The smallest absolute Gasteiger partial charge is 0.357 e. The number of esters is 1. The Morgan fingerprint density at radius 1 is 1.56 bits per heavy atom. The lowest BCUT2D eigenvalue weighted by Gasteiger charge is -2.17. The van der Waals surface area contributed by atoms with Gasteiger partial charge in [-0.2, -0.15) is 5.10 Å². The summed E-state index contributed by atoms with van der Waals surface area (Å²) in [4.78, 5) is 35.7. The van der Waals surface area contributed by atoms with Crippen molar-refractivity contribution < 1.29 is 19.1 Å². The van der Waals surface area contributed by atoms with Crippen LogP contribution in [0.1, 0.15) is 17.4 Å². The molecule has 0 aliphatic carbocycles. The lowest BCUT2D eigenvalue weighted by atomic mass is 10.3. The minimum atomic E-state index is -1.02. The summed E-state index contributed by atoms with van der Waals surface area (Å²) in [6.45, 7) is 2.11. The van der Waals surface area contributed by atoms with Crippen molar-refractivity contribution in [2.45, 2.75) is 13.0 Å². The SMILES string of the molecule is CC(OC(=O)c1ccn[nH]1)C(=O)N1CCNC1=O. The molecule has 1 unspecified atom stereocenters. The van der Waals surface area contributed by atoms with Crippen LogP contribution < -0.4 is 5.32 Å². The van der Waals surface area contributed by atoms with Crippen molar-refractivity contribution in [3.8, 4) is 0 Å². The molecule has 1 aliphatic heterocycles. The second kappa shape index (κ2) is 4.86. The zero-order chi connectivity index (χ0) is 13.1. The Labute approximate surface area is 102 Å². The van der Waals surface area contributed by atoms with E-state index in [4.69, 9.17) is 4.74 Å². The van der Waals surface area contributed by atoms with E-state index in [0.717, 1.165) is 4.90 Å². The molecule has 3 amide bonds. The fraction of sp³-hybridized carbons (Fsp3) is 0.400. The second-order valence-electron chi connectivity index (χ2n) is 3.74. The van der Waals surface area contributed by atoms with E-state index in [2.05, 4.69) is 15.5 Å². The van der Waals surface area contributed by atoms with Crippen LogP contribution in [0, 0.1) is 0 Å². The van der Waals surface area contributed by atoms with Gasteiger partial charge in [-0.1, -0.05) is 0 Å². The molecule has 2 rings (SSSR count). The van der Waals surface area contributed by atoms with Crippen molar-refractivity contribution in [3.63, 3.8) is 0 Å². The second-order valence-corrected chi connectivity index (χ2v) is 3.74. The number of aromatic nitrogens is 2. The van der Waals surface area contributed by atoms with Gasteiger partial charge >= 0.3 is 12.0 Å². The largest absolute Gasteiger partial charge is 0.448 e. The van der Waals surface area contributed by atoms with E-state index in [-0.39, 0.29) is 12.2 Å². The number of imide groups is 1. The van der Waals surface area contributed by atoms with Crippen LogP contribution in [0.25, 0.3) is 0 Å². The van der Waals surface area contributed by atoms with Gasteiger partial charge in [0.25, 0.3) is 5.91 Å². The molecule has 0 spiro atoms. The number of aromatic amines is 1. The first-order valence-electron chi connectivity index (χ1n) is 5.39. The molecule has 0 saturated carbocycles. The van der Waals surface area contributed by atoms with Crippen molar-refractivity contribution in [2.75, 3.05) is 13.1 Å². The number of carbonyl (C=O) groups excluding carboxylic acids is 3. The molecule has 0 aromatic carbocycles. The van der Waals surface area contributed by atoms with Gasteiger partial charge in [-0.3, -0.25) is 14.8 Å². The summed E-state index contributed by atoms with van der Waals surface area (Å²) in [7, 11) is 0. The van der Waals surface area contributed by atoms with Crippen molar-refractivity contribution in [1.29, 1.82) is 0 Å². The van der Waals surface area contributed by atoms with Gasteiger partial charge in [-0.05, 0) is 13.0 Å². The summed E-state index contributed by atoms with van der Waals surface area (Å²) in [5, 5.41) is 8.53. The fourth-order valence-electron chi connectivity index (χ4n) is 1.55. The maximum absolute atomic E-state index is 11.8. The van der Waals surface area contributed by atoms with E-state index in [9.17, 15) is 14.4 Å². The van der Waals surface area contributed by atoms with Crippen molar-refractivity contribution in [2.24, 2.45) is 0 Å². The van der Waals surface area contributed by atoms with E-state index in [1.165, 1.54) is 19.2 Å². The molecule has 1 aliphatic rings. The summed E-state index contributed by atoms with van der Waals surface area (Å²) in [5.74, 6) is -1.23. The molecule has 2 heterocycles. The molecule has 0 radical (unpaired) electrons. The van der Waals surface area contributed by atoms with Gasteiger partial charge in [0.05, 0.1) is 0 Å². The van der Waals surface area contributed by atoms with Crippen molar-refractivity contribution in [1.82, 2.24) is 20.4 Å². The Hall–Kier alpha value is -2.38. The number of hydrogen-bond acceptors (Lipinski definition) is 5. The van der Waals surface area contributed by atoms with E-state index < -0.39 is 24.0 Å². The van der Waals surface area contributed by atoms with Crippen LogP contribution >= 0.6 is 0 Å². The molecular formula is C10H12N4O4. The molecule has 2 N–H and O–H groups in total. The van der Waals surface area contributed by atoms with Crippen LogP contribution in [0.15, 0.2) is 12.3 Å². The summed E-state index contributed by atoms with van der Waals surface area (Å²) in [5.41, 5.74) is 0.153. The van der Waals surface area contributed by atoms with E-state index in [1.54, 1.807) is 0 Å². The lowest BCUT2D eigenvalue weighted by molar-refractivity contribution is -0.136. The van der Waals surface area contributed by atoms with Gasteiger partial charge in [0.15, 0.2) is 6.10 Å². The lowest BCUT2D eigenvalue weighted by Crippen LogP contribution is -2.41.